The van der Waals surface area contributed by atoms with E-state index < -0.39 is 0 Å². The molecule has 0 spiro atoms. The molecule has 128 valence electrons. The van der Waals surface area contributed by atoms with Gasteiger partial charge in [-0.1, -0.05) is 10.3 Å². The monoisotopic (exact) mass is 333 g/mol. The molecule has 2 aromatic rings. The Bertz CT molecular complexity index is 711. The second-order valence-electron chi connectivity index (χ2n) is 4.72. The van der Waals surface area contributed by atoms with Gasteiger partial charge in [-0.05, 0) is 32.0 Å². The first-order valence-corrected chi connectivity index (χ1v) is 7.31. The van der Waals surface area contributed by atoms with Crippen molar-refractivity contribution in [3.05, 3.63) is 35.6 Å². The highest BCUT2D eigenvalue weighted by Crippen LogP contribution is 2.27. The van der Waals surface area contributed by atoms with E-state index in [1.807, 2.05) is 6.92 Å². The average molecular weight is 333 g/mol. The SMILES string of the molecule is CCOc1ccc(/C=N/OCC(=O)Nc2cc(C)on2)cc1OC. The largest absolute Gasteiger partial charge is 0.493 e. The van der Waals surface area contributed by atoms with Crippen LogP contribution in [0.2, 0.25) is 0 Å². The number of aromatic nitrogens is 1. The molecule has 0 aliphatic heterocycles. The summed E-state index contributed by atoms with van der Waals surface area (Å²) in [7, 11) is 1.56. The standard InChI is InChI=1S/C16H19N3O5/c1-4-22-13-6-5-12(8-14(13)21-3)9-17-23-10-16(20)18-15-7-11(2)24-19-15/h5-9H,4,10H2,1-3H3,(H,18,19,20)/b17-9+. The van der Waals surface area contributed by atoms with E-state index in [0.29, 0.717) is 29.7 Å². The lowest BCUT2D eigenvalue weighted by atomic mass is 10.2. The van der Waals surface area contributed by atoms with Gasteiger partial charge in [0.15, 0.2) is 23.9 Å². The van der Waals surface area contributed by atoms with Gasteiger partial charge in [0.1, 0.15) is 5.76 Å². The first kappa shape index (κ1) is 17.3. The Morgan fingerprint density at radius 1 is 1.38 bits per heavy atom. The fourth-order valence-corrected chi connectivity index (χ4v) is 1.84. The fourth-order valence-electron chi connectivity index (χ4n) is 1.84. The smallest absolute Gasteiger partial charge is 0.266 e. The minimum atomic E-state index is -0.385. The van der Waals surface area contributed by atoms with Crippen LogP contribution in [0.3, 0.4) is 0 Å². The molecule has 24 heavy (non-hydrogen) atoms. The average Bonchev–Trinajstić information content (AvgIpc) is 2.97. The molecule has 0 unspecified atom stereocenters. The van der Waals surface area contributed by atoms with Crippen molar-refractivity contribution in [3.8, 4) is 11.5 Å². The van der Waals surface area contributed by atoms with Gasteiger partial charge in [0.2, 0.25) is 0 Å². The highest BCUT2D eigenvalue weighted by molar-refractivity contribution is 5.90. The van der Waals surface area contributed by atoms with Crippen molar-refractivity contribution >= 4 is 17.9 Å². The number of oxime groups is 1. The van der Waals surface area contributed by atoms with Gasteiger partial charge in [0.25, 0.3) is 5.91 Å². The van der Waals surface area contributed by atoms with Crippen molar-refractivity contribution in [2.45, 2.75) is 13.8 Å². The molecule has 2 rings (SSSR count). The number of methoxy groups -OCH3 is 1. The Morgan fingerprint density at radius 2 is 2.21 bits per heavy atom. The topological polar surface area (TPSA) is 95.2 Å². The molecular weight excluding hydrogens is 314 g/mol. The minimum Gasteiger partial charge on any atom is -0.493 e. The number of amides is 1. The number of hydrogen-bond acceptors (Lipinski definition) is 7. The molecule has 0 saturated carbocycles. The summed E-state index contributed by atoms with van der Waals surface area (Å²) >= 11 is 0. The van der Waals surface area contributed by atoms with E-state index in [9.17, 15) is 4.79 Å². The van der Waals surface area contributed by atoms with Crippen LogP contribution in [0.25, 0.3) is 0 Å². The maximum absolute atomic E-state index is 11.6. The van der Waals surface area contributed by atoms with Gasteiger partial charge in [-0.3, -0.25) is 4.79 Å². The predicted octanol–water partition coefficient (Wildman–Crippen LogP) is 2.38. The molecule has 1 heterocycles. The van der Waals surface area contributed by atoms with E-state index in [1.165, 1.54) is 6.21 Å². The van der Waals surface area contributed by atoms with Crippen molar-refractivity contribution in [1.82, 2.24) is 5.16 Å². The molecule has 0 aliphatic rings. The van der Waals surface area contributed by atoms with E-state index in [-0.39, 0.29) is 12.5 Å². The van der Waals surface area contributed by atoms with E-state index in [2.05, 4.69) is 15.6 Å². The normalized spacial score (nSPS) is 10.6. The number of carbonyl (C=O) groups excluding carboxylic acids is 1. The summed E-state index contributed by atoms with van der Waals surface area (Å²) in [5.74, 6) is 1.81. The molecular formula is C16H19N3O5. The molecule has 0 radical (unpaired) electrons. The van der Waals surface area contributed by atoms with E-state index in [1.54, 1.807) is 38.3 Å². The van der Waals surface area contributed by atoms with E-state index in [0.717, 1.165) is 5.56 Å². The number of benzene rings is 1. The zero-order chi connectivity index (χ0) is 17.4. The van der Waals surface area contributed by atoms with Crippen LogP contribution in [0.15, 0.2) is 33.9 Å². The highest BCUT2D eigenvalue weighted by Gasteiger charge is 2.07. The predicted molar refractivity (Wildman–Crippen MR) is 87.6 cm³/mol. The summed E-state index contributed by atoms with van der Waals surface area (Å²) in [6.45, 7) is 3.94. The zero-order valence-corrected chi connectivity index (χ0v) is 13.7. The van der Waals surface area contributed by atoms with Gasteiger partial charge in [-0.2, -0.15) is 0 Å². The molecule has 0 fully saturated rings. The van der Waals surface area contributed by atoms with Crippen LogP contribution in [-0.4, -0.2) is 37.6 Å². The summed E-state index contributed by atoms with van der Waals surface area (Å²) < 4.78 is 15.5. The molecule has 0 saturated heterocycles. The zero-order valence-electron chi connectivity index (χ0n) is 13.7. The molecule has 0 bridgehead atoms. The molecule has 8 nitrogen and oxygen atoms in total. The number of rotatable bonds is 8. The Hall–Kier alpha value is -3.03. The molecule has 1 aromatic carbocycles. The number of carbonyl (C=O) groups is 1. The third kappa shape index (κ3) is 5.01. The maximum atomic E-state index is 11.6. The first-order valence-electron chi connectivity index (χ1n) is 7.31. The molecule has 0 aliphatic carbocycles. The molecule has 1 amide bonds. The van der Waals surface area contributed by atoms with Crippen molar-refractivity contribution in [3.63, 3.8) is 0 Å². The molecule has 0 atom stereocenters. The van der Waals surface area contributed by atoms with Crippen molar-refractivity contribution in [2.24, 2.45) is 5.16 Å². The number of aryl methyl sites for hydroxylation is 1. The van der Waals surface area contributed by atoms with Crippen LogP contribution < -0.4 is 14.8 Å². The van der Waals surface area contributed by atoms with Crippen LogP contribution in [0.4, 0.5) is 5.82 Å². The molecule has 1 N–H and O–H groups in total. The summed E-state index contributed by atoms with van der Waals surface area (Å²) in [5.41, 5.74) is 0.753. The molecule has 8 heteroatoms. The summed E-state index contributed by atoms with van der Waals surface area (Å²) in [4.78, 5) is 16.6. The third-order valence-corrected chi connectivity index (χ3v) is 2.85. The second kappa shape index (κ2) is 8.56. The number of anilines is 1. The Kier molecular flexibility index (Phi) is 6.18. The van der Waals surface area contributed by atoms with E-state index >= 15 is 0 Å². The van der Waals surface area contributed by atoms with Gasteiger partial charge >= 0.3 is 0 Å². The highest BCUT2D eigenvalue weighted by atomic mass is 16.6. The minimum absolute atomic E-state index is 0.240. The number of hydrogen-bond donors (Lipinski definition) is 1. The Balaban J connectivity index is 1.84. The first-order chi connectivity index (χ1) is 11.6. The number of ether oxygens (including phenoxy) is 2. The summed E-state index contributed by atoms with van der Waals surface area (Å²) in [6.07, 6.45) is 1.48. The van der Waals surface area contributed by atoms with Crippen LogP contribution >= 0.6 is 0 Å². The Morgan fingerprint density at radius 3 is 2.88 bits per heavy atom. The van der Waals surface area contributed by atoms with Crippen LogP contribution in [0.5, 0.6) is 11.5 Å². The van der Waals surface area contributed by atoms with Crippen molar-refractivity contribution in [1.29, 1.82) is 0 Å². The van der Waals surface area contributed by atoms with Gasteiger partial charge in [0.05, 0.1) is 19.9 Å². The van der Waals surface area contributed by atoms with Crippen LogP contribution in [0.1, 0.15) is 18.2 Å². The van der Waals surface area contributed by atoms with Gasteiger partial charge in [0, 0.05) is 11.6 Å². The van der Waals surface area contributed by atoms with Crippen molar-refractivity contribution < 1.29 is 23.6 Å². The summed E-state index contributed by atoms with van der Waals surface area (Å²) in [6, 6.07) is 6.95. The van der Waals surface area contributed by atoms with E-state index in [4.69, 9.17) is 18.8 Å². The molecule has 1 aromatic heterocycles. The lowest BCUT2D eigenvalue weighted by Crippen LogP contribution is -2.17. The van der Waals surface area contributed by atoms with Crippen LogP contribution in [-0.2, 0) is 9.63 Å². The van der Waals surface area contributed by atoms with Gasteiger partial charge in [-0.15, -0.1) is 0 Å². The fraction of sp³-hybridized carbons (Fsp3) is 0.312. The lowest BCUT2D eigenvalue weighted by molar-refractivity contribution is -0.120. The van der Waals surface area contributed by atoms with Crippen LogP contribution in [0, 0.1) is 6.92 Å². The van der Waals surface area contributed by atoms with Gasteiger partial charge in [-0.25, -0.2) is 0 Å². The van der Waals surface area contributed by atoms with Gasteiger partial charge < -0.3 is 24.2 Å². The third-order valence-electron chi connectivity index (χ3n) is 2.85. The quantitative estimate of drug-likeness (QED) is 0.589. The Labute approximate surface area is 139 Å². The second-order valence-corrected chi connectivity index (χ2v) is 4.72. The summed E-state index contributed by atoms with van der Waals surface area (Å²) in [5, 5.41) is 9.92. The number of nitrogens with zero attached hydrogens (tertiary/aromatic N) is 2. The lowest BCUT2D eigenvalue weighted by Gasteiger charge is -2.09. The number of nitrogens with one attached hydrogen (secondary N) is 1. The van der Waals surface area contributed by atoms with Crippen molar-refractivity contribution in [2.75, 3.05) is 25.6 Å². The maximum Gasteiger partial charge on any atom is 0.266 e.